The van der Waals surface area contributed by atoms with Gasteiger partial charge in [0, 0.05) is 44.3 Å². The summed E-state index contributed by atoms with van der Waals surface area (Å²) in [4.78, 5) is 7.21. The van der Waals surface area contributed by atoms with E-state index < -0.39 is 0 Å². The van der Waals surface area contributed by atoms with Crippen LogP contribution in [0.25, 0.3) is 0 Å². The van der Waals surface area contributed by atoms with Gasteiger partial charge >= 0.3 is 0 Å². The fraction of sp³-hybridized carbons (Fsp3) is 0.789. The van der Waals surface area contributed by atoms with E-state index in [0.29, 0.717) is 13.2 Å². The molecule has 3 rings (SSSR count). The molecular weight excluding hydrogens is 332 g/mol. The van der Waals surface area contributed by atoms with Crippen LogP contribution in [0.15, 0.2) is 9.52 Å². The number of aryl methyl sites for hydroxylation is 2. The molecular formula is C19H32N4O3. The van der Waals surface area contributed by atoms with Gasteiger partial charge in [0.05, 0.1) is 18.4 Å². The Morgan fingerprint density at radius 3 is 2.77 bits per heavy atom. The Morgan fingerprint density at radius 1 is 1.31 bits per heavy atom. The summed E-state index contributed by atoms with van der Waals surface area (Å²) >= 11 is 0. The van der Waals surface area contributed by atoms with Crippen LogP contribution in [0.4, 0.5) is 0 Å². The first-order chi connectivity index (χ1) is 12.6. The summed E-state index contributed by atoms with van der Waals surface area (Å²) in [5.41, 5.74) is 2.13. The molecule has 0 bridgehead atoms. The lowest BCUT2D eigenvalue weighted by Crippen LogP contribution is -2.53. The summed E-state index contributed by atoms with van der Waals surface area (Å²) in [6.45, 7) is 13.0. The number of rotatable bonds is 5. The van der Waals surface area contributed by atoms with Crippen LogP contribution in [0, 0.1) is 13.8 Å². The number of ether oxygens (including phenoxy) is 2. The van der Waals surface area contributed by atoms with E-state index in [-0.39, 0.29) is 18.1 Å². The molecule has 7 heteroatoms. The van der Waals surface area contributed by atoms with Crippen molar-refractivity contribution in [2.45, 2.75) is 58.7 Å². The van der Waals surface area contributed by atoms with E-state index >= 15 is 0 Å². The summed E-state index contributed by atoms with van der Waals surface area (Å²) in [6, 6.07) is 0. The highest BCUT2D eigenvalue weighted by Gasteiger charge is 2.32. The number of hydrogen-bond acceptors (Lipinski definition) is 5. The minimum absolute atomic E-state index is 0.134. The van der Waals surface area contributed by atoms with Crippen molar-refractivity contribution in [2.75, 3.05) is 39.4 Å². The number of nitrogens with one attached hydrogen (secondary N) is 1. The number of aliphatic imine (C=N–C) groups is 1. The van der Waals surface area contributed by atoms with Gasteiger partial charge in [-0.2, -0.15) is 0 Å². The average molecular weight is 364 g/mol. The molecule has 0 spiro atoms. The zero-order valence-corrected chi connectivity index (χ0v) is 16.5. The Labute approximate surface area is 156 Å². The monoisotopic (exact) mass is 364 g/mol. The van der Waals surface area contributed by atoms with Crippen molar-refractivity contribution in [1.82, 2.24) is 15.4 Å². The molecule has 2 aliphatic heterocycles. The van der Waals surface area contributed by atoms with Crippen LogP contribution in [0.5, 0.6) is 0 Å². The highest BCUT2D eigenvalue weighted by atomic mass is 16.5. The van der Waals surface area contributed by atoms with E-state index in [2.05, 4.69) is 29.2 Å². The molecule has 3 heterocycles. The second-order valence-corrected chi connectivity index (χ2v) is 7.24. The van der Waals surface area contributed by atoms with Gasteiger partial charge in [-0.15, -0.1) is 0 Å². The first-order valence-electron chi connectivity index (χ1n) is 9.79. The molecule has 3 atom stereocenters. The number of nitrogens with zero attached hydrogens (tertiary/aromatic N) is 3. The van der Waals surface area contributed by atoms with Crippen molar-refractivity contribution in [2.24, 2.45) is 4.99 Å². The molecule has 2 aliphatic rings. The van der Waals surface area contributed by atoms with Gasteiger partial charge in [-0.25, -0.2) is 0 Å². The highest BCUT2D eigenvalue weighted by molar-refractivity contribution is 5.80. The van der Waals surface area contributed by atoms with E-state index in [0.717, 1.165) is 56.5 Å². The molecule has 0 aromatic carbocycles. The average Bonchev–Trinajstić information content (AvgIpc) is 3.29. The minimum atomic E-state index is 0.134. The number of morpholine rings is 1. The van der Waals surface area contributed by atoms with Crippen molar-refractivity contribution in [1.29, 1.82) is 0 Å². The maximum absolute atomic E-state index is 5.97. The molecule has 2 fully saturated rings. The molecule has 146 valence electrons. The summed E-state index contributed by atoms with van der Waals surface area (Å²) in [5, 5.41) is 7.50. The van der Waals surface area contributed by atoms with Gasteiger partial charge < -0.3 is 24.2 Å². The minimum Gasteiger partial charge on any atom is -0.375 e. The fourth-order valence-corrected chi connectivity index (χ4v) is 3.92. The van der Waals surface area contributed by atoms with Crippen LogP contribution < -0.4 is 5.32 Å². The second-order valence-electron chi connectivity index (χ2n) is 7.24. The Hall–Kier alpha value is -1.60. The molecule has 1 N–H and O–H groups in total. The zero-order chi connectivity index (χ0) is 18.5. The van der Waals surface area contributed by atoms with Crippen molar-refractivity contribution in [3.8, 4) is 0 Å². The third-order valence-corrected chi connectivity index (χ3v) is 5.20. The number of aromatic nitrogens is 1. The van der Waals surface area contributed by atoms with Gasteiger partial charge in [0.2, 0.25) is 0 Å². The first-order valence-corrected chi connectivity index (χ1v) is 9.79. The third-order valence-electron chi connectivity index (χ3n) is 5.20. The Balaban J connectivity index is 1.66. The predicted octanol–water partition coefficient (Wildman–Crippen LogP) is 2.24. The Morgan fingerprint density at radius 2 is 2.12 bits per heavy atom. The lowest BCUT2D eigenvalue weighted by atomic mass is 10.00. The Kier molecular flexibility index (Phi) is 6.53. The maximum Gasteiger partial charge on any atom is 0.194 e. The smallest absolute Gasteiger partial charge is 0.194 e. The molecule has 0 aliphatic carbocycles. The van der Waals surface area contributed by atoms with Gasteiger partial charge in [0.25, 0.3) is 0 Å². The molecule has 2 saturated heterocycles. The fourth-order valence-electron chi connectivity index (χ4n) is 3.92. The van der Waals surface area contributed by atoms with Crippen molar-refractivity contribution < 1.29 is 14.0 Å². The van der Waals surface area contributed by atoms with E-state index in [9.17, 15) is 0 Å². The van der Waals surface area contributed by atoms with Crippen LogP contribution in [0.3, 0.4) is 0 Å². The van der Waals surface area contributed by atoms with Crippen molar-refractivity contribution >= 4 is 5.96 Å². The number of hydrogen-bond donors (Lipinski definition) is 1. The zero-order valence-electron chi connectivity index (χ0n) is 16.5. The van der Waals surface area contributed by atoms with Crippen LogP contribution in [0.1, 0.15) is 49.6 Å². The quantitative estimate of drug-likeness (QED) is 0.638. The van der Waals surface area contributed by atoms with Gasteiger partial charge in [0.15, 0.2) is 5.96 Å². The standard InChI is InChI=1S/C19H32N4O3/c1-5-20-19(21-11-13(2)18-14(3)22-26-15(18)4)23-8-10-25-17(12-23)16-7-6-9-24-16/h13,16-17H,5-12H2,1-4H3,(H,20,21). The summed E-state index contributed by atoms with van der Waals surface area (Å²) in [6.07, 6.45) is 2.58. The molecule has 1 aromatic heterocycles. The molecule has 1 aromatic rings. The van der Waals surface area contributed by atoms with E-state index in [1.54, 1.807) is 0 Å². The van der Waals surface area contributed by atoms with Gasteiger partial charge in [-0.05, 0) is 33.6 Å². The summed E-state index contributed by atoms with van der Waals surface area (Å²) in [5.74, 6) is 2.11. The van der Waals surface area contributed by atoms with Crippen molar-refractivity contribution in [3.05, 3.63) is 17.0 Å². The lowest BCUT2D eigenvalue weighted by molar-refractivity contribution is -0.0817. The first kappa shape index (κ1) is 19.2. The molecule has 7 nitrogen and oxygen atoms in total. The molecule has 0 saturated carbocycles. The topological polar surface area (TPSA) is 72.1 Å². The van der Waals surface area contributed by atoms with E-state index in [1.807, 2.05) is 13.8 Å². The second kappa shape index (κ2) is 8.86. The summed E-state index contributed by atoms with van der Waals surface area (Å²) in [7, 11) is 0. The van der Waals surface area contributed by atoms with Gasteiger partial charge in [-0.1, -0.05) is 12.1 Å². The van der Waals surface area contributed by atoms with Crippen LogP contribution in [-0.2, 0) is 9.47 Å². The van der Waals surface area contributed by atoms with Gasteiger partial charge in [-0.3, -0.25) is 4.99 Å². The van der Waals surface area contributed by atoms with Crippen LogP contribution >= 0.6 is 0 Å². The largest absolute Gasteiger partial charge is 0.375 e. The molecule has 0 radical (unpaired) electrons. The predicted molar refractivity (Wildman–Crippen MR) is 101 cm³/mol. The van der Waals surface area contributed by atoms with E-state index in [1.165, 1.54) is 5.56 Å². The number of guanidine groups is 1. The molecule has 26 heavy (non-hydrogen) atoms. The van der Waals surface area contributed by atoms with Crippen molar-refractivity contribution in [3.63, 3.8) is 0 Å². The normalized spacial score (nSPS) is 25.5. The van der Waals surface area contributed by atoms with E-state index in [4.69, 9.17) is 19.0 Å². The SMILES string of the molecule is CCNC(=NCC(C)c1c(C)noc1C)N1CCOC(C2CCCO2)C1. The van der Waals surface area contributed by atoms with Crippen LogP contribution in [-0.4, -0.2) is 67.6 Å². The third kappa shape index (κ3) is 4.38. The lowest BCUT2D eigenvalue weighted by Gasteiger charge is -2.37. The van der Waals surface area contributed by atoms with Gasteiger partial charge in [0.1, 0.15) is 11.9 Å². The molecule has 0 amide bonds. The maximum atomic E-state index is 5.97. The summed E-state index contributed by atoms with van der Waals surface area (Å²) < 4.78 is 17.1. The Bertz CT molecular complexity index is 590. The molecule has 3 unspecified atom stereocenters. The highest BCUT2D eigenvalue weighted by Crippen LogP contribution is 2.24. The van der Waals surface area contributed by atoms with Crippen LogP contribution in [0.2, 0.25) is 0 Å².